The minimum Gasteiger partial charge on any atom is -0.494 e. The number of H-pyrrole nitrogens is 1. The van der Waals surface area contributed by atoms with Gasteiger partial charge in [0, 0.05) is 41.1 Å². The smallest absolute Gasteiger partial charge is 0.198 e. The maximum absolute atomic E-state index is 14.0. The number of rotatable bonds is 5. The van der Waals surface area contributed by atoms with Gasteiger partial charge in [0.05, 0.1) is 12.2 Å². The molecule has 4 aromatic rings. The van der Waals surface area contributed by atoms with Crippen LogP contribution in [0, 0.1) is 11.6 Å². The molecule has 0 aliphatic heterocycles. The summed E-state index contributed by atoms with van der Waals surface area (Å²) in [5.41, 5.74) is 1.75. The predicted octanol–water partition coefficient (Wildman–Crippen LogP) is 1.97. The molecule has 0 bridgehead atoms. The highest BCUT2D eigenvalue weighted by Crippen LogP contribution is 2.23. The fraction of sp³-hybridized carbons (Fsp3) is 0.190. The molecule has 8 nitrogen and oxygen atoms in total. The number of nitrogens with one attached hydrogen (secondary N) is 2. The third kappa shape index (κ3) is 3.91. The average Bonchev–Trinajstić information content (AvgIpc) is 3.36. The zero-order valence-electron chi connectivity index (χ0n) is 16.2. The Morgan fingerprint density at radius 3 is 2.77 bits per heavy atom. The van der Waals surface area contributed by atoms with Crippen LogP contribution in [0.4, 0.5) is 14.6 Å². The number of halogens is 2. The summed E-state index contributed by atoms with van der Waals surface area (Å²) in [6, 6.07) is 6.76. The summed E-state index contributed by atoms with van der Waals surface area (Å²) in [6.07, 6.45) is 5.22. The molecule has 5 rings (SSSR count). The van der Waals surface area contributed by atoms with Crippen molar-refractivity contribution in [2.75, 3.05) is 5.32 Å². The van der Waals surface area contributed by atoms with Gasteiger partial charge in [0.25, 0.3) is 0 Å². The largest absolute Gasteiger partial charge is 0.494 e. The van der Waals surface area contributed by atoms with Crippen molar-refractivity contribution < 1.29 is 19.0 Å². The monoisotopic (exact) mass is 424 g/mol. The average molecular weight is 424 g/mol. The standard InChI is InChI=1S/C21H18F2N6O2/c22-14-2-1-11(16(23)7-14)9-24-17-8-18(26-15-3-4-15)29-20(27-17)13(10-25-29)5-12-6-19(30)28-21(12)31/h1-2,5-8,10,15,24,28,30-31H,3-4,9H2. The highest BCUT2D eigenvalue weighted by molar-refractivity contribution is 5.62. The van der Waals surface area contributed by atoms with E-state index in [2.05, 4.69) is 25.4 Å². The Morgan fingerprint density at radius 2 is 2.06 bits per heavy atom. The summed E-state index contributed by atoms with van der Waals surface area (Å²) in [7, 11) is 0. The summed E-state index contributed by atoms with van der Waals surface area (Å²) >= 11 is 0. The van der Waals surface area contributed by atoms with Crippen LogP contribution in [0.2, 0.25) is 0 Å². The van der Waals surface area contributed by atoms with Gasteiger partial charge in [-0.2, -0.15) is 9.61 Å². The van der Waals surface area contributed by atoms with Crippen molar-refractivity contribution in [3.05, 3.63) is 70.0 Å². The van der Waals surface area contributed by atoms with Crippen LogP contribution in [0.25, 0.3) is 11.7 Å². The maximum atomic E-state index is 14.0. The summed E-state index contributed by atoms with van der Waals surface area (Å²) in [5, 5.41) is 27.5. The molecule has 1 aliphatic carbocycles. The fourth-order valence-electron chi connectivity index (χ4n) is 3.21. The molecule has 1 aliphatic rings. The van der Waals surface area contributed by atoms with Gasteiger partial charge in [-0.05, 0) is 25.0 Å². The van der Waals surface area contributed by atoms with Crippen LogP contribution in [0.3, 0.4) is 0 Å². The molecule has 1 aromatic carbocycles. The minimum atomic E-state index is -0.641. The van der Waals surface area contributed by atoms with Gasteiger partial charge in [-0.25, -0.2) is 13.8 Å². The van der Waals surface area contributed by atoms with Gasteiger partial charge >= 0.3 is 0 Å². The van der Waals surface area contributed by atoms with E-state index in [1.807, 2.05) is 0 Å². The zero-order valence-corrected chi connectivity index (χ0v) is 16.2. The third-order valence-corrected chi connectivity index (χ3v) is 4.94. The maximum Gasteiger partial charge on any atom is 0.198 e. The van der Waals surface area contributed by atoms with Crippen LogP contribution in [0.1, 0.15) is 24.0 Å². The molecule has 31 heavy (non-hydrogen) atoms. The topological polar surface area (TPSA) is 111 Å². The number of fused-ring (bicyclic) bond motifs is 1. The molecule has 0 amide bonds. The van der Waals surface area contributed by atoms with E-state index in [4.69, 9.17) is 0 Å². The first-order chi connectivity index (χ1) is 15.0. The highest BCUT2D eigenvalue weighted by atomic mass is 19.1. The van der Waals surface area contributed by atoms with Gasteiger partial charge in [-0.3, -0.25) is 9.98 Å². The SMILES string of the molecule is Oc1cc(C=c2cnn3c(=NC4CC4)cc(NCc4ccc(F)cc4F)nc23)c(O)[nH]1. The molecule has 0 radical (unpaired) electrons. The molecule has 0 saturated heterocycles. The third-order valence-electron chi connectivity index (χ3n) is 4.94. The lowest BCUT2D eigenvalue weighted by Gasteiger charge is -2.07. The van der Waals surface area contributed by atoms with Crippen molar-refractivity contribution in [2.45, 2.75) is 25.4 Å². The first-order valence-electron chi connectivity index (χ1n) is 9.69. The van der Waals surface area contributed by atoms with Crippen molar-refractivity contribution >= 4 is 17.5 Å². The van der Waals surface area contributed by atoms with Crippen LogP contribution in [0.15, 0.2) is 41.5 Å². The fourth-order valence-corrected chi connectivity index (χ4v) is 3.21. The van der Waals surface area contributed by atoms with E-state index >= 15 is 0 Å². The van der Waals surface area contributed by atoms with Crippen LogP contribution in [-0.4, -0.2) is 35.8 Å². The van der Waals surface area contributed by atoms with E-state index in [1.165, 1.54) is 18.2 Å². The summed E-state index contributed by atoms with van der Waals surface area (Å²) < 4.78 is 28.7. The van der Waals surface area contributed by atoms with Gasteiger partial charge in [0.1, 0.15) is 17.5 Å². The lowest BCUT2D eigenvalue weighted by Crippen LogP contribution is -2.20. The summed E-state index contributed by atoms with van der Waals surface area (Å²) in [4.78, 5) is 11.7. The molecule has 3 aromatic heterocycles. The Hall–Kier alpha value is -3.95. The van der Waals surface area contributed by atoms with E-state index in [0.29, 0.717) is 33.3 Å². The molecule has 0 atom stereocenters. The number of anilines is 1. The molecule has 158 valence electrons. The minimum absolute atomic E-state index is 0.109. The van der Waals surface area contributed by atoms with Crippen molar-refractivity contribution in [3.8, 4) is 11.8 Å². The van der Waals surface area contributed by atoms with Crippen molar-refractivity contribution in [3.63, 3.8) is 0 Å². The van der Waals surface area contributed by atoms with E-state index < -0.39 is 11.6 Å². The number of aromatic nitrogens is 4. The number of aromatic hydroxyl groups is 2. The molecule has 1 fully saturated rings. The number of benzene rings is 1. The molecule has 10 heteroatoms. The number of aromatic amines is 1. The number of hydrogen-bond donors (Lipinski definition) is 4. The van der Waals surface area contributed by atoms with Gasteiger partial charge in [-0.15, -0.1) is 0 Å². The molecule has 3 heterocycles. The Bertz CT molecular complexity index is 1410. The summed E-state index contributed by atoms with van der Waals surface area (Å²) in [6.45, 7) is 0.109. The number of nitrogens with zero attached hydrogens (tertiary/aromatic N) is 4. The van der Waals surface area contributed by atoms with Gasteiger partial charge in [0.15, 0.2) is 22.9 Å². The Morgan fingerprint density at radius 1 is 1.23 bits per heavy atom. The van der Waals surface area contributed by atoms with Crippen molar-refractivity contribution in [2.24, 2.45) is 4.99 Å². The lowest BCUT2D eigenvalue weighted by molar-refractivity contribution is 0.425. The second-order valence-electron chi connectivity index (χ2n) is 7.39. The van der Waals surface area contributed by atoms with E-state index in [1.54, 1.807) is 22.9 Å². The molecule has 0 unspecified atom stereocenters. The quantitative estimate of drug-likeness (QED) is 0.392. The van der Waals surface area contributed by atoms with Gasteiger partial charge in [-0.1, -0.05) is 6.07 Å². The first kappa shape index (κ1) is 19.0. The van der Waals surface area contributed by atoms with Crippen molar-refractivity contribution in [1.82, 2.24) is 19.6 Å². The van der Waals surface area contributed by atoms with E-state index in [0.717, 1.165) is 18.9 Å². The van der Waals surface area contributed by atoms with Crippen LogP contribution in [0.5, 0.6) is 11.8 Å². The van der Waals surface area contributed by atoms with E-state index in [9.17, 15) is 19.0 Å². The zero-order chi connectivity index (χ0) is 21.5. The molecular weight excluding hydrogens is 406 g/mol. The lowest BCUT2D eigenvalue weighted by atomic mass is 10.2. The van der Waals surface area contributed by atoms with Crippen molar-refractivity contribution in [1.29, 1.82) is 0 Å². The molecule has 4 N–H and O–H groups in total. The molecule has 1 saturated carbocycles. The normalized spacial score (nSPS) is 15.2. The predicted molar refractivity (Wildman–Crippen MR) is 108 cm³/mol. The van der Waals surface area contributed by atoms with Crippen LogP contribution < -0.4 is 16.0 Å². The second kappa shape index (κ2) is 7.38. The Labute approximate surface area is 174 Å². The molecule has 0 spiro atoms. The van der Waals surface area contributed by atoms with E-state index in [-0.39, 0.29) is 24.3 Å². The van der Waals surface area contributed by atoms with Gasteiger partial charge in [0.2, 0.25) is 0 Å². The highest BCUT2D eigenvalue weighted by Gasteiger charge is 2.20. The second-order valence-corrected chi connectivity index (χ2v) is 7.39. The first-order valence-corrected chi connectivity index (χ1v) is 9.69. The number of hydrogen-bond acceptors (Lipinski definition) is 6. The summed E-state index contributed by atoms with van der Waals surface area (Å²) in [5.74, 6) is -1.17. The van der Waals surface area contributed by atoms with Crippen LogP contribution in [-0.2, 0) is 6.54 Å². The van der Waals surface area contributed by atoms with Crippen LogP contribution >= 0.6 is 0 Å². The Balaban J connectivity index is 1.58. The molecular formula is C21H18F2N6O2. The Kier molecular flexibility index (Phi) is 4.54. The van der Waals surface area contributed by atoms with Gasteiger partial charge < -0.3 is 15.5 Å².